The second-order valence-corrected chi connectivity index (χ2v) is 8.65. The Morgan fingerprint density at radius 2 is 1.97 bits per heavy atom. The van der Waals surface area contributed by atoms with Crippen LogP contribution in [0.3, 0.4) is 0 Å². The molecule has 13 heteroatoms. The summed E-state index contributed by atoms with van der Waals surface area (Å²) in [4.78, 5) is 62.2. The zero-order valence-corrected chi connectivity index (χ0v) is 18.8. The van der Waals surface area contributed by atoms with Gasteiger partial charge in [0.1, 0.15) is 0 Å². The molecule has 2 atom stereocenters. The van der Waals surface area contributed by atoms with Crippen molar-refractivity contribution in [1.29, 1.82) is 0 Å². The van der Waals surface area contributed by atoms with E-state index in [-0.39, 0.29) is 28.6 Å². The number of likely N-dealkylation sites (N-methyl/N-ethyl adjacent to an activating group) is 1. The van der Waals surface area contributed by atoms with E-state index in [9.17, 15) is 37.9 Å². The molecule has 2 fully saturated rings. The molecule has 0 aromatic heterocycles. The maximum atomic E-state index is 13.4. The number of alkyl halides is 2. The van der Waals surface area contributed by atoms with E-state index >= 15 is 0 Å². The van der Waals surface area contributed by atoms with Gasteiger partial charge in [-0.15, -0.1) is 0 Å². The molecule has 0 radical (unpaired) electrons. The van der Waals surface area contributed by atoms with Crippen LogP contribution in [0.4, 0.5) is 19.3 Å². The average Bonchev–Trinajstić information content (AvgIpc) is 3.15. The minimum atomic E-state index is -3.01. The Labute approximate surface area is 198 Å². The average molecular weight is 501 g/mol. The fourth-order valence-electron chi connectivity index (χ4n) is 4.07. The normalized spacial score (nSPS) is 20.0. The topological polar surface area (TPSA) is 145 Å². The summed E-state index contributed by atoms with van der Waals surface area (Å²) in [6.07, 6.45) is -2.72. The van der Waals surface area contributed by atoms with Gasteiger partial charge in [-0.3, -0.25) is 24.1 Å². The summed E-state index contributed by atoms with van der Waals surface area (Å²) in [5.74, 6) is -6.89. The van der Waals surface area contributed by atoms with Crippen LogP contribution in [0.1, 0.15) is 36.0 Å². The highest BCUT2D eigenvalue weighted by Crippen LogP contribution is 2.43. The molecular weight excluding hydrogens is 478 g/mol. The van der Waals surface area contributed by atoms with Crippen molar-refractivity contribution in [3.8, 4) is 0 Å². The lowest BCUT2D eigenvalue weighted by Gasteiger charge is -2.41. The molecule has 1 aromatic rings. The number of nitrogens with zero attached hydrogens (tertiary/aromatic N) is 1. The summed E-state index contributed by atoms with van der Waals surface area (Å²) in [6.45, 7) is 0.385. The number of hydrogen-bond donors (Lipinski definition) is 4. The van der Waals surface area contributed by atoms with E-state index < -0.39 is 60.5 Å². The molecule has 0 spiro atoms. The van der Waals surface area contributed by atoms with Crippen LogP contribution in [-0.2, 0) is 14.4 Å². The Kier molecular flexibility index (Phi) is 7.39. The molecule has 1 aromatic carbocycles. The summed E-state index contributed by atoms with van der Waals surface area (Å²) in [6, 6.07) is 1.20. The van der Waals surface area contributed by atoms with E-state index in [2.05, 4.69) is 16.0 Å². The first kappa shape index (κ1) is 25.3. The predicted molar refractivity (Wildman–Crippen MR) is 116 cm³/mol. The quantitative estimate of drug-likeness (QED) is 0.399. The van der Waals surface area contributed by atoms with Gasteiger partial charge in [-0.25, -0.2) is 13.6 Å². The van der Waals surface area contributed by atoms with Crippen molar-refractivity contribution < 1.29 is 37.9 Å². The SMILES string of the molecule is CNC(=O)C(=O)[C@H](C[C@@H]1CCNC1=O)NC(=O)c1cc(Cl)ccc1N(C(=O)O)C1CC(F)(F)C1. The largest absolute Gasteiger partial charge is 0.465 e. The molecule has 184 valence electrons. The number of hydrogen-bond acceptors (Lipinski definition) is 5. The van der Waals surface area contributed by atoms with E-state index in [4.69, 9.17) is 11.6 Å². The zero-order valence-electron chi connectivity index (χ0n) is 18.1. The van der Waals surface area contributed by atoms with Gasteiger partial charge in [-0.05, 0) is 31.0 Å². The first-order valence-corrected chi connectivity index (χ1v) is 10.9. The van der Waals surface area contributed by atoms with Crippen LogP contribution >= 0.6 is 11.6 Å². The lowest BCUT2D eigenvalue weighted by Crippen LogP contribution is -2.53. The number of rotatable bonds is 8. The number of carbonyl (C=O) groups excluding carboxylic acids is 4. The number of ketones is 1. The van der Waals surface area contributed by atoms with Crippen LogP contribution in [-0.4, -0.2) is 66.3 Å². The number of carbonyl (C=O) groups is 5. The number of nitrogens with one attached hydrogen (secondary N) is 3. The van der Waals surface area contributed by atoms with Crippen LogP contribution in [0.25, 0.3) is 0 Å². The van der Waals surface area contributed by atoms with Crippen molar-refractivity contribution in [2.45, 2.75) is 43.7 Å². The fourth-order valence-corrected chi connectivity index (χ4v) is 4.24. The van der Waals surface area contributed by atoms with Crippen molar-refractivity contribution in [3.63, 3.8) is 0 Å². The molecule has 1 saturated carbocycles. The number of amides is 4. The Morgan fingerprint density at radius 1 is 1.29 bits per heavy atom. The second kappa shape index (κ2) is 9.92. The Hall–Kier alpha value is -3.28. The van der Waals surface area contributed by atoms with Crippen molar-refractivity contribution in [2.75, 3.05) is 18.5 Å². The van der Waals surface area contributed by atoms with Crippen LogP contribution in [0.5, 0.6) is 0 Å². The number of carboxylic acid groups (broad SMARTS) is 1. The molecule has 34 heavy (non-hydrogen) atoms. The molecule has 1 heterocycles. The predicted octanol–water partition coefficient (Wildman–Crippen LogP) is 1.56. The molecule has 10 nitrogen and oxygen atoms in total. The fraction of sp³-hybridized carbons (Fsp3) is 0.476. The number of Topliss-reactive ketones (excluding diaryl/α,β-unsaturated/α-hetero) is 1. The van der Waals surface area contributed by atoms with Crippen molar-refractivity contribution in [1.82, 2.24) is 16.0 Å². The minimum Gasteiger partial charge on any atom is -0.465 e. The van der Waals surface area contributed by atoms with Gasteiger partial charge in [0.05, 0.1) is 23.3 Å². The summed E-state index contributed by atoms with van der Waals surface area (Å²) in [5, 5.41) is 16.9. The molecular formula is C21H23ClF2N4O6. The summed E-state index contributed by atoms with van der Waals surface area (Å²) in [5.41, 5.74) is -0.477. The molecule has 2 aliphatic rings. The van der Waals surface area contributed by atoms with Crippen molar-refractivity contribution >= 4 is 46.9 Å². The monoisotopic (exact) mass is 500 g/mol. The van der Waals surface area contributed by atoms with Gasteiger partial charge in [0.2, 0.25) is 11.7 Å². The van der Waals surface area contributed by atoms with Gasteiger partial charge < -0.3 is 21.1 Å². The lowest BCUT2D eigenvalue weighted by atomic mass is 9.86. The number of halogens is 3. The number of anilines is 1. The van der Waals surface area contributed by atoms with Gasteiger partial charge in [0.15, 0.2) is 0 Å². The summed E-state index contributed by atoms with van der Waals surface area (Å²) < 4.78 is 26.8. The van der Waals surface area contributed by atoms with E-state index in [1.54, 1.807) is 0 Å². The lowest BCUT2D eigenvalue weighted by molar-refractivity contribution is -0.139. The van der Waals surface area contributed by atoms with E-state index in [0.717, 1.165) is 6.07 Å². The first-order chi connectivity index (χ1) is 15.9. The van der Waals surface area contributed by atoms with Crippen molar-refractivity contribution in [3.05, 3.63) is 28.8 Å². The maximum Gasteiger partial charge on any atom is 0.412 e. The van der Waals surface area contributed by atoms with E-state index in [0.29, 0.717) is 17.9 Å². The molecule has 1 aliphatic carbocycles. The molecule has 0 bridgehead atoms. The summed E-state index contributed by atoms with van der Waals surface area (Å²) in [7, 11) is 1.23. The van der Waals surface area contributed by atoms with Gasteiger partial charge in [-0.2, -0.15) is 0 Å². The van der Waals surface area contributed by atoms with E-state index in [1.807, 2.05) is 0 Å². The molecule has 3 rings (SSSR count). The highest BCUT2D eigenvalue weighted by atomic mass is 35.5. The third-order valence-electron chi connectivity index (χ3n) is 5.86. The van der Waals surface area contributed by atoms with Crippen LogP contribution in [0.2, 0.25) is 5.02 Å². The Bertz CT molecular complexity index is 1030. The van der Waals surface area contributed by atoms with Gasteiger partial charge in [0, 0.05) is 37.4 Å². The van der Waals surface area contributed by atoms with Crippen LogP contribution in [0.15, 0.2) is 18.2 Å². The molecule has 1 saturated heterocycles. The van der Waals surface area contributed by atoms with Gasteiger partial charge in [0.25, 0.3) is 17.7 Å². The van der Waals surface area contributed by atoms with Crippen molar-refractivity contribution in [2.24, 2.45) is 5.92 Å². The first-order valence-electron chi connectivity index (χ1n) is 10.5. The van der Waals surface area contributed by atoms with Gasteiger partial charge >= 0.3 is 6.09 Å². The molecule has 0 unspecified atom stereocenters. The summed E-state index contributed by atoms with van der Waals surface area (Å²) >= 11 is 6.00. The highest BCUT2D eigenvalue weighted by molar-refractivity contribution is 6.38. The van der Waals surface area contributed by atoms with Crippen LogP contribution in [0, 0.1) is 5.92 Å². The number of benzene rings is 1. The maximum absolute atomic E-state index is 13.4. The van der Waals surface area contributed by atoms with Crippen LogP contribution < -0.4 is 20.9 Å². The highest BCUT2D eigenvalue weighted by Gasteiger charge is 2.50. The molecule has 1 aliphatic heterocycles. The molecule has 4 N–H and O–H groups in total. The smallest absolute Gasteiger partial charge is 0.412 e. The Balaban J connectivity index is 1.91. The third-order valence-corrected chi connectivity index (χ3v) is 6.09. The Morgan fingerprint density at radius 3 is 2.50 bits per heavy atom. The standard InChI is InChI=1S/C21H23ClF2N4O6/c1-25-19(32)16(29)14(6-10-4-5-26-17(10)30)27-18(31)13-7-11(22)2-3-15(13)28(20(33)34)12-8-21(23,24)9-12/h2-3,7,10,12,14H,4-6,8-9H2,1H3,(H,25,32)(H,26,30)(H,27,31)(H,33,34)/t10-,14-/m0/s1. The van der Waals surface area contributed by atoms with Gasteiger partial charge in [-0.1, -0.05) is 11.6 Å². The second-order valence-electron chi connectivity index (χ2n) is 8.21. The minimum absolute atomic E-state index is 0.0579. The molecule has 4 amide bonds. The zero-order chi connectivity index (χ0) is 25.2. The van der Waals surface area contributed by atoms with E-state index in [1.165, 1.54) is 19.2 Å². The third kappa shape index (κ3) is 5.44.